The van der Waals surface area contributed by atoms with Crippen LogP contribution in [0.4, 0.5) is 13.2 Å². The second-order valence-corrected chi connectivity index (χ2v) is 4.25. The Morgan fingerprint density at radius 1 is 1.21 bits per heavy atom. The minimum absolute atomic E-state index is 0.0570. The lowest BCUT2D eigenvalue weighted by molar-refractivity contribution is 0.432. The number of hydrogen-bond donors (Lipinski definition) is 1. The Hall–Kier alpha value is -1.75. The lowest BCUT2D eigenvalue weighted by Gasteiger charge is -2.17. The van der Waals surface area contributed by atoms with E-state index in [1.165, 1.54) is 12.3 Å². The maximum Gasteiger partial charge on any atom is 0.194 e. The number of halogens is 3. The number of hydrogen-bond acceptors (Lipinski definition) is 2. The van der Waals surface area contributed by atoms with Crippen LogP contribution < -0.4 is 5.32 Å². The molecule has 2 nitrogen and oxygen atoms in total. The van der Waals surface area contributed by atoms with Gasteiger partial charge >= 0.3 is 0 Å². The van der Waals surface area contributed by atoms with Gasteiger partial charge in [-0.05, 0) is 25.6 Å². The molecular formula is C14H14F3NO. The summed E-state index contributed by atoms with van der Waals surface area (Å²) < 4.78 is 45.3. The van der Waals surface area contributed by atoms with Gasteiger partial charge in [-0.3, -0.25) is 0 Å². The molecule has 1 N–H and O–H groups in total. The average Bonchev–Trinajstić information content (AvgIpc) is 2.81. The van der Waals surface area contributed by atoms with E-state index >= 15 is 0 Å². The van der Waals surface area contributed by atoms with E-state index < -0.39 is 23.5 Å². The predicted molar refractivity (Wildman–Crippen MR) is 65.3 cm³/mol. The fourth-order valence-corrected chi connectivity index (χ4v) is 1.99. The van der Waals surface area contributed by atoms with Crippen LogP contribution in [0.5, 0.6) is 0 Å². The molecule has 102 valence electrons. The molecule has 0 saturated carbocycles. The molecule has 0 bridgehead atoms. The highest BCUT2D eigenvalue weighted by atomic mass is 19.2. The minimum atomic E-state index is -1.46. The third-order valence-corrected chi connectivity index (χ3v) is 2.87. The summed E-state index contributed by atoms with van der Waals surface area (Å²) in [6, 6.07) is 3.32. The largest absolute Gasteiger partial charge is 0.469 e. The molecule has 0 aliphatic carbocycles. The van der Waals surface area contributed by atoms with Gasteiger partial charge in [0.1, 0.15) is 5.76 Å². The quantitative estimate of drug-likeness (QED) is 0.856. The molecule has 1 atom stereocenters. The van der Waals surface area contributed by atoms with Crippen molar-refractivity contribution in [1.82, 2.24) is 5.32 Å². The highest BCUT2D eigenvalue weighted by molar-refractivity contribution is 5.32. The molecule has 2 aromatic rings. The van der Waals surface area contributed by atoms with Crippen molar-refractivity contribution in [2.45, 2.75) is 19.9 Å². The van der Waals surface area contributed by atoms with Gasteiger partial charge in [-0.2, -0.15) is 0 Å². The van der Waals surface area contributed by atoms with Crippen LogP contribution in [-0.2, 0) is 0 Å². The van der Waals surface area contributed by atoms with Crippen LogP contribution in [-0.4, -0.2) is 6.54 Å². The number of aryl methyl sites for hydroxylation is 1. The molecule has 0 fully saturated rings. The van der Waals surface area contributed by atoms with Crippen LogP contribution in [0, 0.1) is 24.4 Å². The van der Waals surface area contributed by atoms with Gasteiger partial charge in [0.25, 0.3) is 0 Å². The molecule has 0 amide bonds. The summed E-state index contributed by atoms with van der Waals surface area (Å²) in [6.07, 6.45) is 1.48. The second-order valence-electron chi connectivity index (χ2n) is 4.25. The van der Waals surface area contributed by atoms with E-state index in [4.69, 9.17) is 4.42 Å². The van der Waals surface area contributed by atoms with Crippen molar-refractivity contribution < 1.29 is 17.6 Å². The first kappa shape index (κ1) is 13.7. The Labute approximate surface area is 109 Å². The summed E-state index contributed by atoms with van der Waals surface area (Å²) in [6.45, 7) is 4.15. The van der Waals surface area contributed by atoms with Crippen LogP contribution in [0.3, 0.4) is 0 Å². The summed E-state index contributed by atoms with van der Waals surface area (Å²) in [5.41, 5.74) is 0.728. The standard InChI is InChI=1S/C14H14F3NO/c1-3-18-14(9-6-8(2)19-7-9)10-4-5-11(15)13(17)12(10)16/h4-7,14,18H,3H2,1-2H3. The maximum atomic E-state index is 13.8. The van der Waals surface area contributed by atoms with E-state index in [9.17, 15) is 13.2 Å². The number of rotatable bonds is 4. The molecule has 19 heavy (non-hydrogen) atoms. The van der Waals surface area contributed by atoms with Crippen molar-refractivity contribution in [2.24, 2.45) is 0 Å². The van der Waals surface area contributed by atoms with Crippen molar-refractivity contribution in [3.05, 3.63) is 58.8 Å². The monoisotopic (exact) mass is 269 g/mol. The Morgan fingerprint density at radius 2 is 1.95 bits per heavy atom. The molecule has 0 saturated heterocycles. The van der Waals surface area contributed by atoms with Crippen LogP contribution in [0.15, 0.2) is 28.9 Å². The maximum absolute atomic E-state index is 13.8. The molecule has 0 aliphatic heterocycles. The molecule has 1 heterocycles. The summed E-state index contributed by atoms with van der Waals surface area (Å²) in [7, 11) is 0. The smallest absolute Gasteiger partial charge is 0.194 e. The molecule has 2 rings (SSSR count). The lowest BCUT2D eigenvalue weighted by atomic mass is 10.00. The third-order valence-electron chi connectivity index (χ3n) is 2.87. The average molecular weight is 269 g/mol. The number of nitrogens with one attached hydrogen (secondary N) is 1. The Bertz CT molecular complexity index is 580. The molecular weight excluding hydrogens is 255 g/mol. The van der Waals surface area contributed by atoms with Crippen molar-refractivity contribution in [2.75, 3.05) is 6.54 Å². The molecule has 0 spiro atoms. The van der Waals surface area contributed by atoms with Crippen LogP contribution in [0.25, 0.3) is 0 Å². The van der Waals surface area contributed by atoms with Crippen molar-refractivity contribution in [3.8, 4) is 0 Å². The van der Waals surface area contributed by atoms with Gasteiger partial charge < -0.3 is 9.73 Å². The normalized spacial score (nSPS) is 12.7. The van der Waals surface area contributed by atoms with Gasteiger partial charge in [-0.25, -0.2) is 13.2 Å². The van der Waals surface area contributed by atoms with Gasteiger partial charge in [0.05, 0.1) is 12.3 Å². The van der Waals surface area contributed by atoms with Gasteiger partial charge in [0.15, 0.2) is 17.5 Å². The first-order chi connectivity index (χ1) is 9.04. The zero-order chi connectivity index (χ0) is 14.0. The fraction of sp³-hybridized carbons (Fsp3) is 0.286. The van der Waals surface area contributed by atoms with Gasteiger partial charge in [-0.15, -0.1) is 0 Å². The topological polar surface area (TPSA) is 25.2 Å². The molecule has 1 aromatic carbocycles. The van der Waals surface area contributed by atoms with Crippen LogP contribution >= 0.6 is 0 Å². The Morgan fingerprint density at radius 3 is 2.53 bits per heavy atom. The van der Waals surface area contributed by atoms with E-state index in [-0.39, 0.29) is 5.56 Å². The highest BCUT2D eigenvalue weighted by Gasteiger charge is 2.22. The zero-order valence-corrected chi connectivity index (χ0v) is 10.6. The van der Waals surface area contributed by atoms with E-state index in [0.717, 1.165) is 6.07 Å². The predicted octanol–water partition coefficient (Wildman–Crippen LogP) is 3.70. The minimum Gasteiger partial charge on any atom is -0.469 e. The van der Waals surface area contributed by atoms with Crippen molar-refractivity contribution >= 4 is 0 Å². The fourth-order valence-electron chi connectivity index (χ4n) is 1.99. The highest BCUT2D eigenvalue weighted by Crippen LogP contribution is 2.28. The first-order valence-electron chi connectivity index (χ1n) is 5.96. The number of benzene rings is 1. The summed E-state index contributed by atoms with van der Waals surface area (Å²) in [5, 5.41) is 3.03. The molecule has 0 radical (unpaired) electrons. The van der Waals surface area contributed by atoms with Crippen LogP contribution in [0.1, 0.15) is 29.9 Å². The summed E-state index contributed by atoms with van der Waals surface area (Å²) >= 11 is 0. The SMILES string of the molecule is CCNC(c1coc(C)c1)c1ccc(F)c(F)c1F. The molecule has 1 aromatic heterocycles. The van der Waals surface area contributed by atoms with Gasteiger partial charge in [-0.1, -0.05) is 13.0 Å². The van der Waals surface area contributed by atoms with Gasteiger partial charge in [0, 0.05) is 11.1 Å². The first-order valence-corrected chi connectivity index (χ1v) is 5.96. The van der Waals surface area contributed by atoms with E-state index in [1.807, 2.05) is 6.92 Å². The molecule has 5 heteroatoms. The van der Waals surface area contributed by atoms with E-state index in [1.54, 1.807) is 13.0 Å². The van der Waals surface area contributed by atoms with E-state index in [0.29, 0.717) is 17.9 Å². The van der Waals surface area contributed by atoms with Crippen molar-refractivity contribution in [3.63, 3.8) is 0 Å². The summed E-state index contributed by atoms with van der Waals surface area (Å²) in [5.74, 6) is -3.16. The van der Waals surface area contributed by atoms with Crippen LogP contribution in [0.2, 0.25) is 0 Å². The zero-order valence-electron chi connectivity index (χ0n) is 10.6. The third kappa shape index (κ3) is 2.66. The Kier molecular flexibility index (Phi) is 3.95. The number of furan rings is 1. The second kappa shape index (κ2) is 5.48. The Balaban J connectivity index is 2.48. The van der Waals surface area contributed by atoms with Gasteiger partial charge in [0.2, 0.25) is 0 Å². The lowest BCUT2D eigenvalue weighted by Crippen LogP contribution is -2.23. The summed E-state index contributed by atoms with van der Waals surface area (Å²) in [4.78, 5) is 0. The van der Waals surface area contributed by atoms with Crippen molar-refractivity contribution in [1.29, 1.82) is 0 Å². The molecule has 1 unspecified atom stereocenters. The molecule has 0 aliphatic rings. The van der Waals surface area contributed by atoms with E-state index in [2.05, 4.69) is 5.32 Å².